The molecule has 2 aromatic heterocycles. The van der Waals surface area contributed by atoms with Gasteiger partial charge in [0.25, 0.3) is 11.1 Å². The molecule has 10 heteroatoms. The molecule has 1 aliphatic rings. The number of aliphatic hydroxyl groups is 1. The Labute approximate surface area is 201 Å². The lowest BCUT2D eigenvalue weighted by Gasteiger charge is -2.41. The number of hydrogen-bond donors (Lipinski definition) is 2. The van der Waals surface area contributed by atoms with Gasteiger partial charge in [-0.05, 0) is 62.1 Å². The Bertz CT molecular complexity index is 1170. The molecule has 0 atom stereocenters. The molecule has 1 amide bonds. The number of ether oxygens (including phenoxy) is 2. The zero-order valence-electron chi connectivity index (χ0n) is 19.1. The van der Waals surface area contributed by atoms with E-state index in [9.17, 15) is 9.18 Å². The van der Waals surface area contributed by atoms with E-state index in [0.29, 0.717) is 28.8 Å². The Balaban J connectivity index is 1.50. The molecule has 8 nitrogen and oxygen atoms in total. The molecule has 1 fully saturated rings. The molecule has 0 bridgehead atoms. The summed E-state index contributed by atoms with van der Waals surface area (Å²) in [6.07, 6.45) is 6.36. The highest BCUT2D eigenvalue weighted by atomic mass is 32.1. The van der Waals surface area contributed by atoms with Crippen molar-refractivity contribution in [3.63, 3.8) is 0 Å². The van der Waals surface area contributed by atoms with E-state index in [1.165, 1.54) is 19.4 Å². The van der Waals surface area contributed by atoms with Gasteiger partial charge in [-0.3, -0.25) is 15.1 Å². The molecule has 2 heterocycles. The number of nitrogens with one attached hydrogen (secondary N) is 1. The van der Waals surface area contributed by atoms with Crippen LogP contribution >= 0.6 is 11.3 Å². The van der Waals surface area contributed by atoms with Gasteiger partial charge in [0.15, 0.2) is 0 Å². The average molecular weight is 487 g/mol. The van der Waals surface area contributed by atoms with Crippen LogP contribution in [-0.4, -0.2) is 46.5 Å². The van der Waals surface area contributed by atoms with Crippen molar-refractivity contribution >= 4 is 22.4 Å². The third-order valence-electron chi connectivity index (χ3n) is 6.16. The molecular weight excluding hydrogens is 459 g/mol. The van der Waals surface area contributed by atoms with Crippen LogP contribution in [0.3, 0.4) is 0 Å². The van der Waals surface area contributed by atoms with Crippen molar-refractivity contribution in [2.75, 3.05) is 25.6 Å². The zero-order chi connectivity index (χ0) is 24.1. The minimum absolute atomic E-state index is 0.0824. The number of rotatable bonds is 10. The first-order chi connectivity index (χ1) is 16.4. The fraction of sp³-hybridized carbons (Fsp3) is 0.417. The van der Waals surface area contributed by atoms with Crippen molar-refractivity contribution in [3.05, 3.63) is 47.5 Å². The van der Waals surface area contributed by atoms with Gasteiger partial charge in [-0.1, -0.05) is 17.6 Å². The molecule has 0 unspecified atom stereocenters. The number of pyridine rings is 1. The van der Waals surface area contributed by atoms with Crippen molar-refractivity contribution in [1.29, 1.82) is 0 Å². The molecule has 0 spiro atoms. The largest absolute Gasteiger partial charge is 0.496 e. The number of benzene rings is 1. The second-order valence-corrected chi connectivity index (χ2v) is 9.43. The number of anilines is 1. The summed E-state index contributed by atoms with van der Waals surface area (Å²) >= 11 is 1.13. The number of nitrogens with zero attached hydrogens (tertiary/aromatic N) is 3. The second-order valence-electron chi connectivity index (χ2n) is 8.48. The van der Waals surface area contributed by atoms with Crippen LogP contribution in [0, 0.1) is 18.2 Å². The van der Waals surface area contributed by atoms with E-state index in [-0.39, 0.29) is 28.3 Å². The monoisotopic (exact) mass is 486 g/mol. The molecular formula is C24H27FN4O4S. The average Bonchev–Trinajstić information content (AvgIpc) is 3.25. The fourth-order valence-corrected chi connectivity index (χ4v) is 4.77. The predicted octanol–water partition coefficient (Wildman–Crippen LogP) is 4.63. The minimum atomic E-state index is -0.503. The van der Waals surface area contributed by atoms with Crippen LogP contribution in [0.4, 0.5) is 9.52 Å². The van der Waals surface area contributed by atoms with Crippen molar-refractivity contribution < 1.29 is 23.8 Å². The summed E-state index contributed by atoms with van der Waals surface area (Å²) in [5.41, 5.74) is 1.46. The molecule has 1 aliphatic carbocycles. The predicted molar refractivity (Wildman–Crippen MR) is 127 cm³/mol. The molecule has 1 aromatic carbocycles. The van der Waals surface area contributed by atoms with E-state index in [1.807, 2.05) is 0 Å². The summed E-state index contributed by atoms with van der Waals surface area (Å²) in [4.78, 5) is 17.3. The molecule has 0 radical (unpaired) electrons. The first kappa shape index (κ1) is 24.0. The molecule has 3 aromatic rings. The maximum absolute atomic E-state index is 14.7. The highest BCUT2D eigenvalue weighted by Crippen LogP contribution is 2.45. The van der Waals surface area contributed by atoms with Gasteiger partial charge in [0.1, 0.15) is 11.6 Å². The van der Waals surface area contributed by atoms with E-state index >= 15 is 0 Å². The topological polar surface area (TPSA) is 106 Å². The molecule has 2 N–H and O–H groups in total. The number of aliphatic hydroxyl groups excluding tert-OH is 1. The number of halogens is 1. The number of carbonyl (C=O) groups excluding carboxylic acids is 1. The number of aryl methyl sites for hydroxylation is 1. The highest BCUT2D eigenvalue weighted by molar-refractivity contribution is 7.17. The molecule has 0 saturated heterocycles. The number of amides is 1. The standard InChI is InChI=1S/C24H27FN4O4S/c1-15-12-16(20-18(25)6-3-7-19(20)32-2)17(13-26-15)21(31)27-22-28-29-23(34-22)33-14-24(8-4-9-24)10-5-11-30/h3,6-7,12-13,30H,4-5,8-11,14H2,1-2H3,(H,27,28,31). The zero-order valence-corrected chi connectivity index (χ0v) is 20.0. The Kier molecular flexibility index (Phi) is 7.38. The maximum atomic E-state index is 14.7. The van der Waals surface area contributed by atoms with Crippen LogP contribution in [0.1, 0.15) is 48.2 Å². The Morgan fingerprint density at radius 2 is 2.15 bits per heavy atom. The van der Waals surface area contributed by atoms with Gasteiger partial charge in [-0.15, -0.1) is 5.10 Å². The van der Waals surface area contributed by atoms with Crippen molar-refractivity contribution in [2.45, 2.75) is 39.0 Å². The van der Waals surface area contributed by atoms with Gasteiger partial charge in [-0.2, -0.15) is 0 Å². The summed E-state index contributed by atoms with van der Waals surface area (Å²) in [5.74, 6) is -0.678. The summed E-state index contributed by atoms with van der Waals surface area (Å²) in [5, 5.41) is 20.5. The third-order valence-corrected chi connectivity index (χ3v) is 6.91. The van der Waals surface area contributed by atoms with E-state index in [2.05, 4.69) is 20.5 Å². The van der Waals surface area contributed by atoms with Crippen LogP contribution in [0.15, 0.2) is 30.5 Å². The SMILES string of the molecule is COc1cccc(F)c1-c1cc(C)ncc1C(=O)Nc1nnc(OCC2(CCCO)CCC2)s1. The van der Waals surface area contributed by atoms with E-state index in [4.69, 9.17) is 14.6 Å². The smallest absolute Gasteiger partial charge is 0.295 e. The summed E-state index contributed by atoms with van der Waals surface area (Å²) in [7, 11) is 1.45. The van der Waals surface area contributed by atoms with Crippen molar-refractivity contribution in [3.8, 4) is 22.1 Å². The molecule has 0 aliphatic heterocycles. The van der Waals surface area contributed by atoms with Crippen molar-refractivity contribution in [1.82, 2.24) is 15.2 Å². The first-order valence-corrected chi connectivity index (χ1v) is 11.9. The van der Waals surface area contributed by atoms with Gasteiger partial charge < -0.3 is 14.6 Å². The summed E-state index contributed by atoms with van der Waals surface area (Å²) < 4.78 is 25.9. The minimum Gasteiger partial charge on any atom is -0.496 e. The lowest BCUT2D eigenvalue weighted by atomic mass is 9.67. The van der Waals surface area contributed by atoms with Crippen LogP contribution in [-0.2, 0) is 0 Å². The lowest BCUT2D eigenvalue weighted by molar-refractivity contribution is 0.0412. The Hall–Kier alpha value is -3.11. The fourth-order valence-electron chi connectivity index (χ4n) is 4.18. The van der Waals surface area contributed by atoms with Crippen LogP contribution in [0.5, 0.6) is 10.9 Å². The Morgan fingerprint density at radius 3 is 2.85 bits per heavy atom. The highest BCUT2D eigenvalue weighted by Gasteiger charge is 2.37. The molecule has 180 valence electrons. The van der Waals surface area contributed by atoms with Gasteiger partial charge >= 0.3 is 0 Å². The maximum Gasteiger partial charge on any atom is 0.295 e. The molecule has 34 heavy (non-hydrogen) atoms. The lowest BCUT2D eigenvalue weighted by Crippen LogP contribution is -2.35. The van der Waals surface area contributed by atoms with Crippen LogP contribution in [0.25, 0.3) is 11.1 Å². The van der Waals surface area contributed by atoms with Gasteiger partial charge in [0, 0.05) is 29.5 Å². The van der Waals surface area contributed by atoms with Gasteiger partial charge in [0.05, 0.1) is 24.8 Å². The van der Waals surface area contributed by atoms with E-state index in [1.54, 1.807) is 25.1 Å². The third kappa shape index (κ3) is 5.18. The second kappa shape index (κ2) is 10.4. The quantitative estimate of drug-likeness (QED) is 0.430. The Morgan fingerprint density at radius 1 is 1.32 bits per heavy atom. The number of methoxy groups -OCH3 is 1. The van der Waals surface area contributed by atoms with Gasteiger partial charge in [0.2, 0.25) is 5.13 Å². The number of hydrogen-bond acceptors (Lipinski definition) is 8. The number of carbonyl (C=O) groups is 1. The van der Waals surface area contributed by atoms with Gasteiger partial charge in [-0.25, -0.2) is 4.39 Å². The normalized spacial score (nSPS) is 14.4. The van der Waals surface area contributed by atoms with Crippen molar-refractivity contribution in [2.24, 2.45) is 5.41 Å². The molecule has 1 saturated carbocycles. The summed E-state index contributed by atoms with van der Waals surface area (Å²) in [6, 6.07) is 6.15. The summed E-state index contributed by atoms with van der Waals surface area (Å²) in [6.45, 7) is 2.45. The van der Waals surface area contributed by atoms with Crippen LogP contribution < -0.4 is 14.8 Å². The first-order valence-electron chi connectivity index (χ1n) is 11.1. The molecule has 4 rings (SSSR count). The van der Waals surface area contributed by atoms with Crippen LogP contribution in [0.2, 0.25) is 0 Å². The van der Waals surface area contributed by atoms with E-state index < -0.39 is 11.7 Å². The van der Waals surface area contributed by atoms with E-state index in [0.717, 1.165) is 43.4 Å². The number of aromatic nitrogens is 3.